The number of amides is 3. The molecule has 0 aliphatic heterocycles. The number of carbonyl (C=O) groups is 3. The van der Waals surface area contributed by atoms with Crippen molar-refractivity contribution < 1.29 is 23.9 Å². The Morgan fingerprint density at radius 3 is 2.47 bits per heavy atom. The highest BCUT2D eigenvalue weighted by Crippen LogP contribution is 2.31. The van der Waals surface area contributed by atoms with E-state index < -0.39 is 0 Å². The monoisotopic (exact) mass is 448 g/mol. The van der Waals surface area contributed by atoms with Crippen molar-refractivity contribution in [1.29, 1.82) is 0 Å². The van der Waals surface area contributed by atoms with Gasteiger partial charge in [-0.05, 0) is 37.0 Å². The molecule has 0 saturated heterocycles. The zero-order valence-corrected chi connectivity index (χ0v) is 19.3. The highest BCUT2D eigenvalue weighted by Gasteiger charge is 2.24. The van der Waals surface area contributed by atoms with Crippen LogP contribution in [0.3, 0.4) is 0 Å². The summed E-state index contributed by atoms with van der Waals surface area (Å²) >= 11 is 0. The molecular formula is C23H36N4O5. The first kappa shape index (κ1) is 27.1. The van der Waals surface area contributed by atoms with Gasteiger partial charge in [0.1, 0.15) is 6.04 Å². The summed E-state index contributed by atoms with van der Waals surface area (Å²) in [6, 6.07) is 5.47. The standard InChI is InChI=1S/C23H36N4O5/c1-5-6-7-21(23(30)24-2)27(4)20-9-8-19(16-22(20)26(3)18-29)10-12-31-14-15-32-13-11-25-17-28/h5,8-9,16-18,21H,1,6-7,10-15H2,2-4H3,(H,24,30)(H,25,28). The van der Waals surface area contributed by atoms with Crippen LogP contribution < -0.4 is 20.4 Å². The van der Waals surface area contributed by atoms with Crippen LogP contribution in [-0.4, -0.2) is 78.9 Å². The van der Waals surface area contributed by atoms with E-state index in [1.54, 1.807) is 20.2 Å². The summed E-state index contributed by atoms with van der Waals surface area (Å²) in [4.78, 5) is 37.5. The minimum Gasteiger partial charge on any atom is -0.379 e. The highest BCUT2D eigenvalue weighted by molar-refractivity contribution is 5.89. The van der Waals surface area contributed by atoms with Crippen molar-refractivity contribution in [2.75, 3.05) is 63.9 Å². The van der Waals surface area contributed by atoms with Gasteiger partial charge in [-0.3, -0.25) is 14.4 Å². The Kier molecular flexibility index (Phi) is 13.4. The Bertz CT molecular complexity index is 728. The molecule has 3 amide bonds. The molecule has 1 atom stereocenters. The predicted molar refractivity (Wildman–Crippen MR) is 126 cm³/mol. The highest BCUT2D eigenvalue weighted by atomic mass is 16.5. The second kappa shape index (κ2) is 15.8. The number of allylic oxidation sites excluding steroid dienone is 1. The van der Waals surface area contributed by atoms with Gasteiger partial charge in [0.2, 0.25) is 18.7 Å². The summed E-state index contributed by atoms with van der Waals surface area (Å²) in [7, 11) is 5.16. The van der Waals surface area contributed by atoms with Crippen LogP contribution >= 0.6 is 0 Å². The maximum atomic E-state index is 12.4. The van der Waals surface area contributed by atoms with E-state index in [9.17, 15) is 14.4 Å². The number of rotatable bonds is 18. The Balaban J connectivity index is 2.78. The number of anilines is 2. The summed E-state index contributed by atoms with van der Waals surface area (Å²) in [5.41, 5.74) is 2.53. The number of ether oxygens (including phenoxy) is 2. The molecule has 0 heterocycles. The summed E-state index contributed by atoms with van der Waals surface area (Å²) in [6.07, 6.45) is 5.17. The molecule has 0 aromatic heterocycles. The van der Waals surface area contributed by atoms with E-state index in [-0.39, 0.29) is 11.9 Å². The lowest BCUT2D eigenvalue weighted by Gasteiger charge is -2.31. The molecule has 1 aromatic carbocycles. The zero-order chi connectivity index (χ0) is 23.8. The minimum absolute atomic E-state index is 0.0873. The third-order valence-corrected chi connectivity index (χ3v) is 5.00. The second-order valence-electron chi connectivity index (χ2n) is 7.19. The lowest BCUT2D eigenvalue weighted by Crippen LogP contribution is -2.44. The average molecular weight is 449 g/mol. The Morgan fingerprint density at radius 1 is 1.12 bits per heavy atom. The predicted octanol–water partition coefficient (Wildman–Crippen LogP) is 1.12. The van der Waals surface area contributed by atoms with Gasteiger partial charge in [-0.2, -0.15) is 0 Å². The number of benzene rings is 1. The van der Waals surface area contributed by atoms with Gasteiger partial charge in [-0.15, -0.1) is 6.58 Å². The van der Waals surface area contributed by atoms with E-state index in [4.69, 9.17) is 9.47 Å². The molecule has 1 rings (SSSR count). The Labute approximate surface area is 190 Å². The normalized spacial score (nSPS) is 11.3. The van der Waals surface area contributed by atoms with Crippen molar-refractivity contribution in [3.63, 3.8) is 0 Å². The molecule has 0 aliphatic carbocycles. The van der Waals surface area contributed by atoms with Crippen molar-refractivity contribution >= 4 is 30.1 Å². The molecule has 0 spiro atoms. The second-order valence-corrected chi connectivity index (χ2v) is 7.19. The first-order valence-electron chi connectivity index (χ1n) is 10.7. The van der Waals surface area contributed by atoms with Crippen LogP contribution in [0.4, 0.5) is 11.4 Å². The summed E-state index contributed by atoms with van der Waals surface area (Å²) in [5.74, 6) is -0.0873. The van der Waals surface area contributed by atoms with Gasteiger partial charge >= 0.3 is 0 Å². The fourth-order valence-corrected chi connectivity index (χ4v) is 3.17. The third kappa shape index (κ3) is 9.07. The van der Waals surface area contributed by atoms with Crippen LogP contribution in [0, 0.1) is 0 Å². The molecule has 1 aromatic rings. The quantitative estimate of drug-likeness (QED) is 0.198. The number of nitrogens with one attached hydrogen (secondary N) is 2. The van der Waals surface area contributed by atoms with Gasteiger partial charge < -0.3 is 29.9 Å². The van der Waals surface area contributed by atoms with E-state index in [0.29, 0.717) is 58.6 Å². The van der Waals surface area contributed by atoms with Gasteiger partial charge in [0.05, 0.1) is 37.8 Å². The SMILES string of the molecule is C=CCCC(C(=O)NC)N(C)c1ccc(CCOCCOCCNC=O)cc1N(C)C=O. The van der Waals surface area contributed by atoms with Gasteiger partial charge in [-0.25, -0.2) is 0 Å². The Hall–Kier alpha value is -2.91. The van der Waals surface area contributed by atoms with Crippen molar-refractivity contribution in [1.82, 2.24) is 10.6 Å². The molecule has 0 radical (unpaired) electrons. The van der Waals surface area contributed by atoms with E-state index in [2.05, 4.69) is 17.2 Å². The number of hydrogen-bond acceptors (Lipinski definition) is 6. The van der Waals surface area contributed by atoms with E-state index in [1.807, 2.05) is 30.1 Å². The van der Waals surface area contributed by atoms with Gasteiger partial charge in [-0.1, -0.05) is 12.1 Å². The van der Waals surface area contributed by atoms with Crippen LogP contribution in [0.15, 0.2) is 30.9 Å². The van der Waals surface area contributed by atoms with Crippen LogP contribution in [0.2, 0.25) is 0 Å². The molecule has 32 heavy (non-hydrogen) atoms. The smallest absolute Gasteiger partial charge is 0.242 e. The maximum Gasteiger partial charge on any atom is 0.242 e. The molecular weight excluding hydrogens is 412 g/mol. The minimum atomic E-state index is -0.382. The number of carbonyl (C=O) groups excluding carboxylic acids is 3. The third-order valence-electron chi connectivity index (χ3n) is 5.00. The Morgan fingerprint density at radius 2 is 1.84 bits per heavy atom. The van der Waals surface area contributed by atoms with Gasteiger partial charge in [0.25, 0.3) is 0 Å². The van der Waals surface area contributed by atoms with Crippen molar-refractivity contribution in [3.8, 4) is 0 Å². The molecule has 0 saturated carbocycles. The lowest BCUT2D eigenvalue weighted by molar-refractivity contribution is -0.122. The molecule has 1 unspecified atom stereocenters. The molecule has 2 N–H and O–H groups in total. The zero-order valence-electron chi connectivity index (χ0n) is 19.3. The fraction of sp³-hybridized carbons (Fsp3) is 0.522. The topological polar surface area (TPSA) is 100 Å². The fourth-order valence-electron chi connectivity index (χ4n) is 3.17. The van der Waals surface area contributed by atoms with Crippen LogP contribution in [0.5, 0.6) is 0 Å². The molecule has 0 bridgehead atoms. The van der Waals surface area contributed by atoms with Gasteiger partial charge in [0.15, 0.2) is 0 Å². The molecule has 9 nitrogen and oxygen atoms in total. The van der Waals surface area contributed by atoms with E-state index in [0.717, 1.165) is 23.3 Å². The summed E-state index contributed by atoms with van der Waals surface area (Å²) in [5, 5.41) is 5.24. The summed E-state index contributed by atoms with van der Waals surface area (Å²) in [6.45, 7) is 6.09. The van der Waals surface area contributed by atoms with E-state index in [1.165, 1.54) is 4.90 Å². The van der Waals surface area contributed by atoms with Crippen molar-refractivity contribution in [2.45, 2.75) is 25.3 Å². The van der Waals surface area contributed by atoms with E-state index >= 15 is 0 Å². The molecule has 9 heteroatoms. The van der Waals surface area contributed by atoms with Crippen LogP contribution in [0.1, 0.15) is 18.4 Å². The van der Waals surface area contributed by atoms with Gasteiger partial charge in [0, 0.05) is 27.7 Å². The average Bonchev–Trinajstić information content (AvgIpc) is 2.82. The molecule has 178 valence electrons. The number of likely N-dealkylation sites (N-methyl/N-ethyl adjacent to an activating group) is 2. The lowest BCUT2D eigenvalue weighted by atomic mass is 10.1. The maximum absolute atomic E-state index is 12.4. The van der Waals surface area contributed by atoms with Crippen LogP contribution in [-0.2, 0) is 30.3 Å². The summed E-state index contributed by atoms with van der Waals surface area (Å²) < 4.78 is 10.9. The molecule has 0 fully saturated rings. The first-order chi connectivity index (χ1) is 15.5. The number of hydrogen-bond donors (Lipinski definition) is 2. The largest absolute Gasteiger partial charge is 0.379 e. The number of nitrogens with zero attached hydrogens (tertiary/aromatic N) is 2. The molecule has 0 aliphatic rings. The van der Waals surface area contributed by atoms with Crippen molar-refractivity contribution in [2.24, 2.45) is 0 Å². The van der Waals surface area contributed by atoms with Crippen LogP contribution in [0.25, 0.3) is 0 Å². The van der Waals surface area contributed by atoms with Crippen molar-refractivity contribution in [3.05, 3.63) is 36.4 Å². The first-order valence-corrected chi connectivity index (χ1v) is 10.7.